The maximum Gasteiger partial charge on any atom is 0.105 e. The second kappa shape index (κ2) is 5.70. The minimum atomic E-state index is -0.00588. The third-order valence-corrected chi connectivity index (χ3v) is 1.99. The SMILES string of the molecule is CNCCC(ON)c1ccccc1. The van der Waals surface area contributed by atoms with Crippen LogP contribution in [-0.4, -0.2) is 13.6 Å². The smallest absolute Gasteiger partial charge is 0.105 e. The molecule has 0 heterocycles. The number of benzene rings is 1. The molecule has 0 bridgehead atoms. The van der Waals surface area contributed by atoms with Gasteiger partial charge in [-0.3, -0.25) is 4.84 Å². The van der Waals surface area contributed by atoms with Gasteiger partial charge in [0.2, 0.25) is 0 Å². The molecule has 1 aromatic rings. The molecule has 0 aliphatic carbocycles. The average molecular weight is 180 g/mol. The Hall–Kier alpha value is -0.900. The first-order chi connectivity index (χ1) is 6.38. The molecule has 3 N–H and O–H groups in total. The average Bonchev–Trinajstić information content (AvgIpc) is 2.21. The maximum absolute atomic E-state index is 5.22. The summed E-state index contributed by atoms with van der Waals surface area (Å²) in [6.07, 6.45) is 0.880. The van der Waals surface area contributed by atoms with Crippen LogP contribution in [0, 0.1) is 0 Å². The van der Waals surface area contributed by atoms with E-state index in [1.165, 1.54) is 0 Å². The van der Waals surface area contributed by atoms with Gasteiger partial charge in [0, 0.05) is 0 Å². The van der Waals surface area contributed by atoms with Crippen LogP contribution in [0.5, 0.6) is 0 Å². The molecule has 72 valence electrons. The summed E-state index contributed by atoms with van der Waals surface area (Å²) in [5, 5.41) is 3.07. The summed E-state index contributed by atoms with van der Waals surface area (Å²) < 4.78 is 0. The molecular formula is C10H16N2O. The summed E-state index contributed by atoms with van der Waals surface area (Å²) in [7, 11) is 1.92. The van der Waals surface area contributed by atoms with E-state index in [2.05, 4.69) is 5.32 Å². The van der Waals surface area contributed by atoms with Crippen molar-refractivity contribution in [1.29, 1.82) is 0 Å². The fraction of sp³-hybridized carbons (Fsp3) is 0.400. The Morgan fingerprint density at radius 3 is 2.62 bits per heavy atom. The lowest BCUT2D eigenvalue weighted by molar-refractivity contribution is 0.0470. The Bertz CT molecular complexity index is 226. The van der Waals surface area contributed by atoms with Crippen molar-refractivity contribution in [3.05, 3.63) is 35.9 Å². The first kappa shape index (κ1) is 10.2. The monoisotopic (exact) mass is 180 g/mol. The maximum atomic E-state index is 5.22. The first-order valence-corrected chi connectivity index (χ1v) is 4.43. The Balaban J connectivity index is 2.56. The van der Waals surface area contributed by atoms with Crippen LogP contribution in [-0.2, 0) is 4.84 Å². The van der Waals surface area contributed by atoms with Gasteiger partial charge in [0.15, 0.2) is 0 Å². The van der Waals surface area contributed by atoms with E-state index < -0.39 is 0 Å². The van der Waals surface area contributed by atoms with Crippen LogP contribution in [0.15, 0.2) is 30.3 Å². The van der Waals surface area contributed by atoms with Crippen molar-refractivity contribution in [2.75, 3.05) is 13.6 Å². The summed E-state index contributed by atoms with van der Waals surface area (Å²) in [6, 6.07) is 10.00. The van der Waals surface area contributed by atoms with Crippen molar-refractivity contribution in [3.63, 3.8) is 0 Å². The van der Waals surface area contributed by atoms with Gasteiger partial charge in [0.1, 0.15) is 6.10 Å². The van der Waals surface area contributed by atoms with Crippen LogP contribution in [0.25, 0.3) is 0 Å². The summed E-state index contributed by atoms with van der Waals surface area (Å²) in [6.45, 7) is 0.900. The molecule has 1 unspecified atom stereocenters. The molecule has 0 aliphatic rings. The second-order valence-corrected chi connectivity index (χ2v) is 2.93. The minimum absolute atomic E-state index is 0.00588. The van der Waals surface area contributed by atoms with Gasteiger partial charge in [0.05, 0.1) is 0 Å². The lowest BCUT2D eigenvalue weighted by atomic mass is 10.1. The lowest BCUT2D eigenvalue weighted by Crippen LogP contribution is -2.16. The molecule has 0 saturated heterocycles. The molecule has 1 aromatic carbocycles. The Labute approximate surface area is 78.8 Å². The van der Waals surface area contributed by atoms with Gasteiger partial charge in [-0.25, -0.2) is 5.90 Å². The lowest BCUT2D eigenvalue weighted by Gasteiger charge is -2.14. The van der Waals surface area contributed by atoms with Crippen LogP contribution >= 0.6 is 0 Å². The topological polar surface area (TPSA) is 47.3 Å². The summed E-state index contributed by atoms with van der Waals surface area (Å²) >= 11 is 0. The fourth-order valence-corrected chi connectivity index (χ4v) is 1.26. The number of rotatable bonds is 5. The van der Waals surface area contributed by atoms with Gasteiger partial charge < -0.3 is 5.32 Å². The summed E-state index contributed by atoms with van der Waals surface area (Å²) in [5.41, 5.74) is 1.13. The van der Waals surface area contributed by atoms with E-state index in [0.717, 1.165) is 18.5 Å². The van der Waals surface area contributed by atoms with Crippen LogP contribution in [0.3, 0.4) is 0 Å². The van der Waals surface area contributed by atoms with Crippen molar-refractivity contribution < 1.29 is 4.84 Å². The third kappa shape index (κ3) is 3.14. The summed E-state index contributed by atoms with van der Waals surface area (Å²) in [5.74, 6) is 5.22. The van der Waals surface area contributed by atoms with Crippen LogP contribution in [0.1, 0.15) is 18.1 Å². The van der Waals surface area contributed by atoms with E-state index in [4.69, 9.17) is 10.7 Å². The van der Waals surface area contributed by atoms with Crippen LogP contribution in [0.2, 0.25) is 0 Å². The highest BCUT2D eigenvalue weighted by Crippen LogP contribution is 2.17. The zero-order valence-electron chi connectivity index (χ0n) is 7.86. The van der Waals surface area contributed by atoms with Gasteiger partial charge in [-0.2, -0.15) is 0 Å². The molecule has 13 heavy (non-hydrogen) atoms. The van der Waals surface area contributed by atoms with E-state index in [-0.39, 0.29) is 6.10 Å². The van der Waals surface area contributed by atoms with E-state index in [1.807, 2.05) is 37.4 Å². The molecule has 0 aromatic heterocycles. The number of hydrogen-bond acceptors (Lipinski definition) is 3. The number of nitrogens with two attached hydrogens (primary N) is 1. The molecule has 0 fully saturated rings. The predicted molar refractivity (Wildman–Crippen MR) is 53.0 cm³/mol. The summed E-state index contributed by atoms with van der Waals surface area (Å²) in [4.78, 5) is 4.90. The van der Waals surface area contributed by atoms with Crippen LogP contribution < -0.4 is 11.2 Å². The van der Waals surface area contributed by atoms with Crippen molar-refractivity contribution in [2.24, 2.45) is 5.90 Å². The Morgan fingerprint density at radius 1 is 1.38 bits per heavy atom. The molecule has 1 rings (SSSR count). The van der Waals surface area contributed by atoms with Gasteiger partial charge >= 0.3 is 0 Å². The van der Waals surface area contributed by atoms with Crippen molar-refractivity contribution in [3.8, 4) is 0 Å². The van der Waals surface area contributed by atoms with Gasteiger partial charge in [-0.05, 0) is 25.6 Å². The van der Waals surface area contributed by atoms with Crippen LogP contribution in [0.4, 0.5) is 0 Å². The van der Waals surface area contributed by atoms with Crippen molar-refractivity contribution in [2.45, 2.75) is 12.5 Å². The zero-order valence-corrected chi connectivity index (χ0v) is 7.86. The molecular weight excluding hydrogens is 164 g/mol. The molecule has 3 heteroatoms. The molecule has 0 amide bonds. The Kier molecular flexibility index (Phi) is 4.46. The number of nitrogens with one attached hydrogen (secondary N) is 1. The largest absolute Gasteiger partial charge is 0.320 e. The van der Waals surface area contributed by atoms with Crippen molar-refractivity contribution in [1.82, 2.24) is 5.32 Å². The quantitative estimate of drug-likeness (QED) is 0.670. The Morgan fingerprint density at radius 2 is 2.08 bits per heavy atom. The zero-order chi connectivity index (χ0) is 9.52. The predicted octanol–water partition coefficient (Wildman–Crippen LogP) is 1.23. The van der Waals surface area contributed by atoms with Gasteiger partial charge in [0.25, 0.3) is 0 Å². The second-order valence-electron chi connectivity index (χ2n) is 2.93. The minimum Gasteiger partial charge on any atom is -0.320 e. The van der Waals surface area contributed by atoms with Crippen molar-refractivity contribution >= 4 is 0 Å². The fourth-order valence-electron chi connectivity index (χ4n) is 1.26. The van der Waals surface area contributed by atoms with E-state index in [0.29, 0.717) is 0 Å². The van der Waals surface area contributed by atoms with E-state index in [9.17, 15) is 0 Å². The van der Waals surface area contributed by atoms with Gasteiger partial charge in [-0.1, -0.05) is 30.3 Å². The first-order valence-electron chi connectivity index (χ1n) is 4.43. The molecule has 0 radical (unpaired) electrons. The highest BCUT2D eigenvalue weighted by Gasteiger charge is 2.08. The highest BCUT2D eigenvalue weighted by atomic mass is 16.6. The van der Waals surface area contributed by atoms with E-state index >= 15 is 0 Å². The third-order valence-electron chi connectivity index (χ3n) is 1.99. The highest BCUT2D eigenvalue weighted by molar-refractivity contribution is 5.17. The molecule has 1 atom stereocenters. The molecule has 0 saturated carbocycles. The molecule has 3 nitrogen and oxygen atoms in total. The standard InChI is InChI=1S/C10H16N2O/c1-12-8-7-10(13-11)9-5-3-2-4-6-9/h2-6,10,12H,7-8,11H2,1H3. The molecule has 0 spiro atoms. The molecule has 0 aliphatic heterocycles. The number of hydrogen-bond donors (Lipinski definition) is 2. The van der Waals surface area contributed by atoms with E-state index in [1.54, 1.807) is 0 Å². The normalized spacial score (nSPS) is 12.8. The van der Waals surface area contributed by atoms with Gasteiger partial charge in [-0.15, -0.1) is 0 Å².